The summed E-state index contributed by atoms with van der Waals surface area (Å²) in [5.41, 5.74) is 1.79. The molecule has 0 atom stereocenters. The Morgan fingerprint density at radius 2 is 1.95 bits per heavy atom. The number of nitrogens with zero attached hydrogens (tertiary/aromatic N) is 2. The quantitative estimate of drug-likeness (QED) is 0.891. The van der Waals surface area contributed by atoms with Crippen LogP contribution in [-0.4, -0.2) is 20.9 Å². The number of aromatic amines is 1. The summed E-state index contributed by atoms with van der Waals surface area (Å²) in [6, 6.07) is 0. The number of carbonyl (C=O) groups excluding carboxylic acids is 1. The highest BCUT2D eigenvalue weighted by atomic mass is 32.1. The zero-order chi connectivity index (χ0) is 15.6. The molecule has 0 saturated carbocycles. The summed E-state index contributed by atoms with van der Waals surface area (Å²) in [7, 11) is 0. The van der Waals surface area contributed by atoms with Crippen molar-refractivity contribution in [1.29, 1.82) is 0 Å². The van der Waals surface area contributed by atoms with E-state index in [0.717, 1.165) is 15.6 Å². The van der Waals surface area contributed by atoms with E-state index in [1.165, 1.54) is 0 Å². The first-order valence-corrected chi connectivity index (χ1v) is 7.44. The maximum absolute atomic E-state index is 12.0. The third-order valence-electron chi connectivity index (χ3n) is 3.21. The summed E-state index contributed by atoms with van der Waals surface area (Å²) in [6.07, 6.45) is 0.0972. The second-order valence-electron chi connectivity index (χ2n) is 4.93. The molecule has 1 amide bonds. The summed E-state index contributed by atoms with van der Waals surface area (Å²) in [6.45, 7) is 7.72. The van der Waals surface area contributed by atoms with Crippen LogP contribution in [0.5, 0.6) is 0 Å². The molecule has 112 valence electrons. The summed E-state index contributed by atoms with van der Waals surface area (Å²) >= 11 is 1.57. The lowest BCUT2D eigenvalue weighted by atomic mass is 10.2. The van der Waals surface area contributed by atoms with E-state index in [9.17, 15) is 9.59 Å². The number of H-pyrrole nitrogens is 1. The molecule has 6 nitrogen and oxygen atoms in total. The minimum atomic E-state index is -0.198. The predicted octanol–water partition coefficient (Wildman–Crippen LogP) is 1.32. The van der Waals surface area contributed by atoms with Crippen LogP contribution in [0.15, 0.2) is 4.79 Å². The molecule has 0 aliphatic rings. The van der Waals surface area contributed by atoms with Crippen LogP contribution in [0.3, 0.4) is 0 Å². The number of hydrogen-bond donors (Lipinski definition) is 2. The predicted molar refractivity (Wildman–Crippen MR) is 81.5 cm³/mol. The van der Waals surface area contributed by atoms with Gasteiger partial charge in [0, 0.05) is 10.4 Å². The van der Waals surface area contributed by atoms with Crippen LogP contribution in [0.4, 0.5) is 0 Å². The lowest BCUT2D eigenvalue weighted by molar-refractivity contribution is -0.120. The number of thiazole rings is 1. The number of carbonyl (C=O) groups is 1. The van der Waals surface area contributed by atoms with E-state index in [0.29, 0.717) is 23.6 Å². The van der Waals surface area contributed by atoms with Crippen LogP contribution < -0.4 is 10.9 Å². The highest BCUT2D eigenvalue weighted by Crippen LogP contribution is 2.15. The Kier molecular flexibility index (Phi) is 4.52. The van der Waals surface area contributed by atoms with Crippen molar-refractivity contribution in [2.45, 2.75) is 40.7 Å². The van der Waals surface area contributed by atoms with Gasteiger partial charge in [0.05, 0.1) is 24.4 Å². The second-order valence-corrected chi connectivity index (χ2v) is 6.21. The molecule has 2 N–H and O–H groups in total. The first-order valence-electron chi connectivity index (χ1n) is 6.63. The van der Waals surface area contributed by atoms with Crippen molar-refractivity contribution in [2.24, 2.45) is 0 Å². The minimum absolute atomic E-state index is 0.0972. The van der Waals surface area contributed by atoms with Gasteiger partial charge < -0.3 is 10.3 Å². The largest absolute Gasteiger partial charge is 0.349 e. The molecule has 0 spiro atoms. The molecular formula is C14H18N4O2S. The molecule has 0 fully saturated rings. The van der Waals surface area contributed by atoms with Crippen LogP contribution in [0.1, 0.15) is 32.7 Å². The van der Waals surface area contributed by atoms with Gasteiger partial charge in [-0.3, -0.25) is 9.59 Å². The number of hydrogen-bond acceptors (Lipinski definition) is 5. The highest BCUT2D eigenvalue weighted by molar-refractivity contribution is 7.11. The fourth-order valence-corrected chi connectivity index (χ4v) is 2.75. The number of amides is 1. The van der Waals surface area contributed by atoms with Gasteiger partial charge in [0.2, 0.25) is 5.91 Å². The van der Waals surface area contributed by atoms with Gasteiger partial charge in [0.1, 0.15) is 10.8 Å². The topological polar surface area (TPSA) is 87.7 Å². The van der Waals surface area contributed by atoms with Crippen LogP contribution in [-0.2, 0) is 17.8 Å². The molecule has 7 heteroatoms. The molecule has 0 aliphatic carbocycles. The molecule has 2 aromatic rings. The maximum atomic E-state index is 12.0. The van der Waals surface area contributed by atoms with Gasteiger partial charge in [-0.05, 0) is 27.7 Å². The molecule has 2 rings (SSSR count). The number of aryl methyl sites for hydroxylation is 3. The normalized spacial score (nSPS) is 10.7. The fourth-order valence-electron chi connectivity index (χ4n) is 1.88. The van der Waals surface area contributed by atoms with E-state index >= 15 is 0 Å². The van der Waals surface area contributed by atoms with Crippen molar-refractivity contribution < 1.29 is 4.79 Å². The first-order chi connectivity index (χ1) is 9.86. The standard InChI is InChI=1S/C14H18N4O2S/c1-7-11(17-10(4)18-14(7)20)5-12(19)15-6-13-16-8(2)9(3)21-13/h5-6H2,1-4H3,(H,15,19)(H,17,18,20). The third kappa shape index (κ3) is 3.75. The van der Waals surface area contributed by atoms with Crippen molar-refractivity contribution in [1.82, 2.24) is 20.3 Å². The van der Waals surface area contributed by atoms with Gasteiger partial charge in [-0.25, -0.2) is 9.97 Å². The zero-order valence-electron chi connectivity index (χ0n) is 12.5. The average Bonchev–Trinajstić information content (AvgIpc) is 2.72. The Hall–Kier alpha value is -2.02. The average molecular weight is 306 g/mol. The molecule has 0 unspecified atom stereocenters. The van der Waals surface area contributed by atoms with Gasteiger partial charge in [0.15, 0.2) is 0 Å². The summed E-state index contributed by atoms with van der Waals surface area (Å²) < 4.78 is 0. The Balaban J connectivity index is 2.01. The zero-order valence-corrected chi connectivity index (χ0v) is 13.3. The third-order valence-corrected chi connectivity index (χ3v) is 4.28. The second kappa shape index (κ2) is 6.17. The molecule has 0 bridgehead atoms. The Morgan fingerprint density at radius 1 is 1.24 bits per heavy atom. The van der Waals surface area contributed by atoms with Crippen molar-refractivity contribution in [3.05, 3.63) is 43.0 Å². The molecule has 0 aliphatic heterocycles. The van der Waals surface area contributed by atoms with Gasteiger partial charge in [-0.2, -0.15) is 0 Å². The van der Waals surface area contributed by atoms with Crippen molar-refractivity contribution in [2.75, 3.05) is 0 Å². The van der Waals surface area contributed by atoms with Crippen LogP contribution >= 0.6 is 11.3 Å². The Labute approximate surface area is 126 Å². The van der Waals surface area contributed by atoms with Gasteiger partial charge in [-0.15, -0.1) is 11.3 Å². The van der Waals surface area contributed by atoms with Crippen LogP contribution in [0, 0.1) is 27.7 Å². The van der Waals surface area contributed by atoms with Gasteiger partial charge in [-0.1, -0.05) is 0 Å². The Morgan fingerprint density at radius 3 is 2.57 bits per heavy atom. The van der Waals surface area contributed by atoms with Crippen molar-refractivity contribution >= 4 is 17.2 Å². The lowest BCUT2D eigenvalue weighted by Gasteiger charge is -2.06. The SMILES string of the molecule is Cc1nc(CC(=O)NCc2nc(C)c(C)s2)c(C)c(=O)[nH]1. The molecule has 0 saturated heterocycles. The minimum Gasteiger partial charge on any atom is -0.349 e. The molecule has 0 aromatic carbocycles. The van der Waals surface area contributed by atoms with Gasteiger partial charge in [0.25, 0.3) is 5.56 Å². The summed E-state index contributed by atoms with van der Waals surface area (Å²) in [4.78, 5) is 35.9. The molecule has 2 heterocycles. The highest BCUT2D eigenvalue weighted by Gasteiger charge is 2.11. The van der Waals surface area contributed by atoms with Gasteiger partial charge >= 0.3 is 0 Å². The van der Waals surface area contributed by atoms with E-state index in [1.54, 1.807) is 25.2 Å². The molecular weight excluding hydrogens is 288 g/mol. The van der Waals surface area contributed by atoms with E-state index in [2.05, 4.69) is 20.3 Å². The smallest absolute Gasteiger partial charge is 0.254 e. The van der Waals surface area contributed by atoms with Crippen molar-refractivity contribution in [3.8, 4) is 0 Å². The number of nitrogens with one attached hydrogen (secondary N) is 2. The van der Waals surface area contributed by atoms with E-state index in [4.69, 9.17) is 0 Å². The number of rotatable bonds is 4. The fraction of sp³-hybridized carbons (Fsp3) is 0.429. The molecule has 21 heavy (non-hydrogen) atoms. The van der Waals surface area contributed by atoms with E-state index < -0.39 is 0 Å². The Bertz CT molecular complexity index is 714. The van der Waals surface area contributed by atoms with Crippen LogP contribution in [0.25, 0.3) is 0 Å². The lowest BCUT2D eigenvalue weighted by Crippen LogP contribution is -2.27. The van der Waals surface area contributed by atoms with E-state index in [1.807, 2.05) is 13.8 Å². The first kappa shape index (κ1) is 15.4. The summed E-state index contributed by atoms with van der Waals surface area (Å²) in [5, 5.41) is 3.69. The van der Waals surface area contributed by atoms with Crippen molar-refractivity contribution in [3.63, 3.8) is 0 Å². The maximum Gasteiger partial charge on any atom is 0.254 e. The molecule has 2 aromatic heterocycles. The van der Waals surface area contributed by atoms with E-state index in [-0.39, 0.29) is 17.9 Å². The monoisotopic (exact) mass is 306 g/mol. The molecule has 0 radical (unpaired) electrons. The summed E-state index contributed by atoms with van der Waals surface area (Å²) in [5.74, 6) is 0.348. The number of aromatic nitrogens is 3. The van der Waals surface area contributed by atoms with Crippen LogP contribution in [0.2, 0.25) is 0 Å².